The van der Waals surface area contributed by atoms with Crippen molar-refractivity contribution in [2.45, 2.75) is 13.0 Å². The molecule has 0 saturated carbocycles. The minimum atomic E-state index is 0.476. The minimum Gasteiger partial charge on any atom is -0.353 e. The van der Waals surface area contributed by atoms with E-state index in [-0.39, 0.29) is 0 Å². The molecule has 2 N–H and O–H groups in total. The lowest BCUT2D eigenvalue weighted by Crippen LogP contribution is -2.51. The highest BCUT2D eigenvalue weighted by atomic mass is 15.3. The highest BCUT2D eigenvalue weighted by molar-refractivity contribution is 5.36. The van der Waals surface area contributed by atoms with Gasteiger partial charge in [-0.25, -0.2) is 0 Å². The van der Waals surface area contributed by atoms with Crippen molar-refractivity contribution in [3.05, 3.63) is 18.3 Å². The van der Waals surface area contributed by atoms with Gasteiger partial charge in [-0.2, -0.15) is 5.10 Å². The Morgan fingerprint density at radius 3 is 2.69 bits per heavy atom. The molecule has 0 radical (unpaired) electrons. The van der Waals surface area contributed by atoms with Gasteiger partial charge in [-0.3, -0.25) is 4.90 Å². The van der Waals surface area contributed by atoms with Crippen LogP contribution in [0, 0.1) is 0 Å². The summed E-state index contributed by atoms with van der Waals surface area (Å²) in [5.41, 5.74) is 5.67. The van der Waals surface area contributed by atoms with E-state index in [4.69, 9.17) is 5.73 Å². The average molecular weight is 221 g/mol. The molecule has 0 aliphatic carbocycles. The number of rotatable bonds is 3. The van der Waals surface area contributed by atoms with Crippen molar-refractivity contribution in [1.29, 1.82) is 0 Å². The second-order valence-corrected chi connectivity index (χ2v) is 4.19. The topological polar surface area (TPSA) is 58.3 Å². The first-order valence-corrected chi connectivity index (χ1v) is 5.78. The van der Waals surface area contributed by atoms with Crippen LogP contribution in [0.3, 0.4) is 0 Å². The molecule has 88 valence electrons. The normalized spacial score (nSPS) is 19.8. The Balaban J connectivity index is 1.91. The van der Waals surface area contributed by atoms with E-state index in [1.165, 1.54) is 0 Å². The fraction of sp³-hybridized carbons (Fsp3) is 0.636. The molecule has 1 fully saturated rings. The van der Waals surface area contributed by atoms with E-state index in [2.05, 4.69) is 26.9 Å². The third-order valence-corrected chi connectivity index (χ3v) is 3.16. The number of piperazine rings is 1. The molecule has 1 aliphatic rings. The van der Waals surface area contributed by atoms with E-state index in [1.54, 1.807) is 6.20 Å². The Labute approximate surface area is 96.2 Å². The molecule has 1 aromatic heterocycles. The number of hydrogen-bond donors (Lipinski definition) is 1. The molecule has 0 bridgehead atoms. The van der Waals surface area contributed by atoms with Crippen LogP contribution in [0.1, 0.15) is 6.92 Å². The summed E-state index contributed by atoms with van der Waals surface area (Å²) in [5, 5.41) is 8.03. The van der Waals surface area contributed by atoms with Crippen LogP contribution in [0.15, 0.2) is 18.3 Å². The Morgan fingerprint density at radius 1 is 1.38 bits per heavy atom. The molecule has 0 spiro atoms. The molecule has 0 amide bonds. The van der Waals surface area contributed by atoms with Gasteiger partial charge in [0, 0.05) is 45.0 Å². The largest absolute Gasteiger partial charge is 0.353 e. The molecule has 2 heterocycles. The van der Waals surface area contributed by atoms with E-state index < -0.39 is 0 Å². The molecule has 1 aromatic rings. The fourth-order valence-corrected chi connectivity index (χ4v) is 2.00. The lowest BCUT2D eigenvalue weighted by Gasteiger charge is -2.37. The third kappa shape index (κ3) is 2.48. The second kappa shape index (κ2) is 5.23. The summed E-state index contributed by atoms with van der Waals surface area (Å²) in [6.45, 7) is 7.01. The van der Waals surface area contributed by atoms with Crippen LogP contribution in [-0.2, 0) is 0 Å². The summed E-state index contributed by atoms with van der Waals surface area (Å²) in [6.07, 6.45) is 1.70. The van der Waals surface area contributed by atoms with Gasteiger partial charge in [0.2, 0.25) is 0 Å². The Hall–Kier alpha value is -1.20. The van der Waals surface area contributed by atoms with Crippen LogP contribution < -0.4 is 10.6 Å². The molecule has 0 aromatic carbocycles. The first-order chi connectivity index (χ1) is 7.81. The van der Waals surface area contributed by atoms with Crippen LogP contribution in [0.25, 0.3) is 0 Å². The molecule has 1 unspecified atom stereocenters. The highest BCUT2D eigenvalue weighted by Crippen LogP contribution is 2.12. The van der Waals surface area contributed by atoms with Gasteiger partial charge in [0.1, 0.15) is 0 Å². The molecule has 2 rings (SSSR count). The van der Waals surface area contributed by atoms with Gasteiger partial charge < -0.3 is 10.6 Å². The van der Waals surface area contributed by atoms with E-state index in [0.717, 1.165) is 38.5 Å². The lowest BCUT2D eigenvalue weighted by atomic mass is 10.2. The maximum Gasteiger partial charge on any atom is 0.151 e. The zero-order chi connectivity index (χ0) is 11.4. The van der Waals surface area contributed by atoms with Gasteiger partial charge >= 0.3 is 0 Å². The Bertz CT molecular complexity index is 307. The molecule has 5 nitrogen and oxygen atoms in total. The number of nitrogens with zero attached hydrogens (tertiary/aromatic N) is 4. The van der Waals surface area contributed by atoms with Gasteiger partial charge in [0.25, 0.3) is 0 Å². The zero-order valence-electron chi connectivity index (χ0n) is 9.71. The zero-order valence-corrected chi connectivity index (χ0v) is 9.71. The van der Waals surface area contributed by atoms with Crippen LogP contribution in [0.5, 0.6) is 0 Å². The van der Waals surface area contributed by atoms with Crippen molar-refractivity contribution < 1.29 is 0 Å². The number of nitrogens with two attached hydrogens (primary N) is 1. The molecule has 1 saturated heterocycles. The average Bonchev–Trinajstić information content (AvgIpc) is 2.39. The van der Waals surface area contributed by atoms with Crippen LogP contribution in [0.2, 0.25) is 0 Å². The molecule has 1 atom stereocenters. The van der Waals surface area contributed by atoms with Crippen molar-refractivity contribution >= 4 is 5.82 Å². The third-order valence-electron chi connectivity index (χ3n) is 3.16. The van der Waals surface area contributed by atoms with Gasteiger partial charge in [-0.15, -0.1) is 5.10 Å². The predicted molar refractivity (Wildman–Crippen MR) is 64.3 cm³/mol. The van der Waals surface area contributed by atoms with Crippen molar-refractivity contribution in [3.8, 4) is 0 Å². The number of anilines is 1. The van der Waals surface area contributed by atoms with Crippen molar-refractivity contribution in [2.24, 2.45) is 5.73 Å². The monoisotopic (exact) mass is 221 g/mol. The van der Waals surface area contributed by atoms with Crippen LogP contribution in [0.4, 0.5) is 5.82 Å². The summed E-state index contributed by atoms with van der Waals surface area (Å²) in [4.78, 5) is 4.69. The first kappa shape index (κ1) is 11.3. The van der Waals surface area contributed by atoms with Crippen molar-refractivity contribution in [2.75, 3.05) is 37.6 Å². The van der Waals surface area contributed by atoms with Gasteiger partial charge in [-0.1, -0.05) is 0 Å². The van der Waals surface area contributed by atoms with Gasteiger partial charge in [0.05, 0.1) is 0 Å². The maximum absolute atomic E-state index is 5.67. The van der Waals surface area contributed by atoms with E-state index in [1.807, 2.05) is 12.1 Å². The van der Waals surface area contributed by atoms with E-state index >= 15 is 0 Å². The molecule has 16 heavy (non-hydrogen) atoms. The van der Waals surface area contributed by atoms with Crippen molar-refractivity contribution in [3.63, 3.8) is 0 Å². The SMILES string of the molecule is CC(CN)N1CCN(c2cccnn2)CC1. The molecule has 5 heteroatoms. The smallest absolute Gasteiger partial charge is 0.151 e. The standard InChI is InChI=1S/C11H19N5/c1-10(9-12)15-5-7-16(8-6-15)11-3-2-4-13-14-11/h2-4,10H,5-9,12H2,1H3. The Morgan fingerprint density at radius 2 is 2.12 bits per heavy atom. The number of hydrogen-bond acceptors (Lipinski definition) is 5. The predicted octanol–water partition coefficient (Wildman–Crippen LogP) is -0.0542. The first-order valence-electron chi connectivity index (χ1n) is 5.78. The summed E-state index contributed by atoms with van der Waals surface area (Å²) >= 11 is 0. The quantitative estimate of drug-likeness (QED) is 0.775. The number of aromatic nitrogens is 2. The summed E-state index contributed by atoms with van der Waals surface area (Å²) in [5.74, 6) is 0.975. The van der Waals surface area contributed by atoms with E-state index in [0.29, 0.717) is 6.04 Å². The molecular formula is C11H19N5. The van der Waals surface area contributed by atoms with Crippen LogP contribution in [-0.4, -0.2) is 53.9 Å². The summed E-state index contributed by atoms with van der Waals surface area (Å²) < 4.78 is 0. The van der Waals surface area contributed by atoms with Gasteiger partial charge in [-0.05, 0) is 19.1 Å². The summed E-state index contributed by atoms with van der Waals surface area (Å²) in [6, 6.07) is 4.41. The van der Waals surface area contributed by atoms with Crippen molar-refractivity contribution in [1.82, 2.24) is 15.1 Å². The van der Waals surface area contributed by atoms with Crippen LogP contribution >= 0.6 is 0 Å². The maximum atomic E-state index is 5.67. The summed E-state index contributed by atoms with van der Waals surface area (Å²) in [7, 11) is 0. The second-order valence-electron chi connectivity index (χ2n) is 4.19. The highest BCUT2D eigenvalue weighted by Gasteiger charge is 2.20. The fourth-order valence-electron chi connectivity index (χ4n) is 2.00. The minimum absolute atomic E-state index is 0.476. The lowest BCUT2D eigenvalue weighted by molar-refractivity contribution is 0.201. The molecular weight excluding hydrogens is 202 g/mol. The van der Waals surface area contributed by atoms with E-state index in [9.17, 15) is 0 Å². The molecule has 1 aliphatic heterocycles. The van der Waals surface area contributed by atoms with Gasteiger partial charge in [0.15, 0.2) is 5.82 Å². The Kier molecular flexibility index (Phi) is 3.69.